The third kappa shape index (κ3) is 1.98. The van der Waals surface area contributed by atoms with E-state index >= 15 is 0 Å². The van der Waals surface area contributed by atoms with Crippen LogP contribution in [0.15, 0.2) is 0 Å². The van der Waals surface area contributed by atoms with Gasteiger partial charge in [-0.05, 0) is 31.6 Å². The van der Waals surface area contributed by atoms with Gasteiger partial charge in [-0.25, -0.2) is 4.79 Å². The molecule has 1 saturated heterocycles. The maximum Gasteiger partial charge on any atom is 0.326 e. The zero-order valence-corrected chi connectivity index (χ0v) is 8.98. The Labute approximate surface area is 89.3 Å². The minimum absolute atomic E-state index is 0.0644. The summed E-state index contributed by atoms with van der Waals surface area (Å²) >= 11 is 0. The van der Waals surface area contributed by atoms with E-state index in [1.54, 1.807) is 4.90 Å². The number of piperidine rings is 1. The molecule has 15 heavy (non-hydrogen) atoms. The summed E-state index contributed by atoms with van der Waals surface area (Å²) in [5.41, 5.74) is 0. The predicted molar refractivity (Wildman–Crippen MR) is 54.3 cm³/mol. The first-order chi connectivity index (χ1) is 7.11. The van der Waals surface area contributed by atoms with Gasteiger partial charge in [0.2, 0.25) is 5.91 Å². The van der Waals surface area contributed by atoms with Crippen molar-refractivity contribution >= 4 is 11.9 Å². The number of aliphatic carboxylic acids is 1. The van der Waals surface area contributed by atoms with Gasteiger partial charge in [-0.2, -0.15) is 0 Å². The lowest BCUT2D eigenvalue weighted by Crippen LogP contribution is -2.48. The average Bonchev–Trinajstić information content (AvgIpc) is 2.94. The van der Waals surface area contributed by atoms with Crippen molar-refractivity contribution in [2.24, 2.45) is 11.8 Å². The Morgan fingerprint density at radius 2 is 2.00 bits per heavy atom. The molecule has 2 fully saturated rings. The zero-order valence-electron chi connectivity index (χ0n) is 8.98. The smallest absolute Gasteiger partial charge is 0.326 e. The Morgan fingerprint density at radius 3 is 2.53 bits per heavy atom. The second kappa shape index (κ2) is 3.83. The molecule has 1 saturated carbocycles. The molecule has 0 bridgehead atoms. The van der Waals surface area contributed by atoms with Gasteiger partial charge in [0, 0.05) is 12.5 Å². The molecule has 1 aliphatic heterocycles. The average molecular weight is 211 g/mol. The number of hydrogen-bond donors (Lipinski definition) is 1. The summed E-state index contributed by atoms with van der Waals surface area (Å²) in [6.45, 7) is 2.67. The molecule has 1 amide bonds. The van der Waals surface area contributed by atoms with Gasteiger partial charge in [0.15, 0.2) is 0 Å². The number of carbonyl (C=O) groups is 2. The minimum Gasteiger partial charge on any atom is -0.480 e. The summed E-state index contributed by atoms with van der Waals surface area (Å²) in [6.07, 6.45) is 3.40. The summed E-state index contributed by atoms with van der Waals surface area (Å²) in [5.74, 6) is -0.232. The van der Waals surface area contributed by atoms with E-state index in [9.17, 15) is 9.59 Å². The topological polar surface area (TPSA) is 57.6 Å². The summed E-state index contributed by atoms with van der Waals surface area (Å²) in [6, 6.07) is -0.570. The van der Waals surface area contributed by atoms with Crippen LogP contribution in [0.2, 0.25) is 0 Å². The molecule has 0 unspecified atom stereocenters. The number of nitrogens with zero attached hydrogens (tertiary/aromatic N) is 1. The molecule has 3 atom stereocenters. The first-order valence-electron chi connectivity index (χ1n) is 5.64. The van der Waals surface area contributed by atoms with Crippen LogP contribution in [-0.4, -0.2) is 34.5 Å². The fourth-order valence-corrected chi connectivity index (χ4v) is 2.33. The Balaban J connectivity index is 2.04. The fraction of sp³-hybridized carbons (Fsp3) is 0.818. The molecule has 84 valence electrons. The van der Waals surface area contributed by atoms with Gasteiger partial charge in [0.25, 0.3) is 0 Å². The summed E-state index contributed by atoms with van der Waals surface area (Å²) < 4.78 is 0. The van der Waals surface area contributed by atoms with Crippen LogP contribution >= 0.6 is 0 Å². The van der Waals surface area contributed by atoms with Crippen LogP contribution in [0.4, 0.5) is 0 Å². The third-order valence-corrected chi connectivity index (χ3v) is 3.50. The van der Waals surface area contributed by atoms with Gasteiger partial charge in [-0.3, -0.25) is 4.79 Å². The van der Waals surface area contributed by atoms with E-state index in [0.29, 0.717) is 18.9 Å². The lowest BCUT2D eigenvalue weighted by molar-refractivity contribution is -0.152. The lowest BCUT2D eigenvalue weighted by Gasteiger charge is -2.33. The van der Waals surface area contributed by atoms with E-state index in [1.165, 1.54) is 0 Å². The first-order valence-corrected chi connectivity index (χ1v) is 5.64. The highest BCUT2D eigenvalue weighted by atomic mass is 16.4. The first kappa shape index (κ1) is 10.5. The van der Waals surface area contributed by atoms with E-state index < -0.39 is 12.0 Å². The fourth-order valence-electron chi connectivity index (χ4n) is 2.33. The molecule has 1 heterocycles. The quantitative estimate of drug-likeness (QED) is 0.744. The number of carbonyl (C=O) groups excluding carboxylic acids is 1. The molecule has 0 aromatic rings. The molecule has 0 aromatic heterocycles. The minimum atomic E-state index is -0.851. The molecule has 2 rings (SSSR count). The van der Waals surface area contributed by atoms with Gasteiger partial charge >= 0.3 is 5.97 Å². The molecule has 4 heteroatoms. The predicted octanol–water partition coefficient (Wildman–Crippen LogP) is 1.11. The van der Waals surface area contributed by atoms with E-state index in [4.69, 9.17) is 5.11 Å². The van der Waals surface area contributed by atoms with E-state index in [1.807, 2.05) is 6.92 Å². The highest BCUT2D eigenvalue weighted by Crippen LogP contribution is 2.40. The molecule has 4 nitrogen and oxygen atoms in total. The lowest BCUT2D eigenvalue weighted by atomic mass is 10.0. The van der Waals surface area contributed by atoms with Crippen LogP contribution in [0, 0.1) is 11.8 Å². The van der Waals surface area contributed by atoms with Crippen molar-refractivity contribution in [1.82, 2.24) is 4.90 Å². The number of hydrogen-bond acceptors (Lipinski definition) is 2. The van der Waals surface area contributed by atoms with E-state index in [0.717, 1.165) is 19.3 Å². The Hall–Kier alpha value is -1.06. The van der Waals surface area contributed by atoms with Crippen LogP contribution < -0.4 is 0 Å². The highest BCUT2D eigenvalue weighted by Gasteiger charge is 2.44. The molecule has 0 aromatic carbocycles. The molecule has 1 aliphatic carbocycles. The Kier molecular flexibility index (Phi) is 2.67. The van der Waals surface area contributed by atoms with Gasteiger partial charge in [-0.1, -0.05) is 6.92 Å². The van der Waals surface area contributed by atoms with Crippen LogP contribution in [0.3, 0.4) is 0 Å². The largest absolute Gasteiger partial charge is 0.480 e. The molecule has 0 spiro atoms. The number of likely N-dealkylation sites (tertiary alicyclic amines) is 1. The maximum atomic E-state index is 11.9. The molecule has 2 aliphatic rings. The second-order valence-electron chi connectivity index (χ2n) is 4.70. The number of carboxylic acid groups (broad SMARTS) is 1. The van der Waals surface area contributed by atoms with Gasteiger partial charge in [0.1, 0.15) is 6.04 Å². The van der Waals surface area contributed by atoms with E-state index in [-0.39, 0.29) is 11.8 Å². The van der Waals surface area contributed by atoms with E-state index in [2.05, 4.69) is 0 Å². The standard InChI is InChI=1S/C11H17NO3/c1-7-6-8(7)10(13)12-5-3-2-4-9(12)11(14)15/h7-9H,2-6H2,1H3,(H,14,15)/t7-,8-,9+/m0/s1. The van der Waals surface area contributed by atoms with Gasteiger partial charge in [-0.15, -0.1) is 0 Å². The van der Waals surface area contributed by atoms with Crippen LogP contribution in [0.5, 0.6) is 0 Å². The van der Waals surface area contributed by atoms with Crippen LogP contribution in [0.1, 0.15) is 32.6 Å². The third-order valence-electron chi connectivity index (χ3n) is 3.50. The van der Waals surface area contributed by atoms with Crippen molar-refractivity contribution in [1.29, 1.82) is 0 Å². The Morgan fingerprint density at radius 1 is 1.33 bits per heavy atom. The number of amides is 1. The van der Waals surface area contributed by atoms with Crippen molar-refractivity contribution < 1.29 is 14.7 Å². The summed E-state index contributed by atoms with van der Waals surface area (Å²) in [4.78, 5) is 24.5. The molecular weight excluding hydrogens is 194 g/mol. The SMILES string of the molecule is C[C@H]1C[C@@H]1C(=O)N1CCCC[C@@H]1C(=O)O. The number of rotatable bonds is 2. The second-order valence-corrected chi connectivity index (χ2v) is 4.70. The van der Waals surface area contributed by atoms with Crippen molar-refractivity contribution in [3.05, 3.63) is 0 Å². The van der Waals surface area contributed by atoms with Crippen molar-refractivity contribution in [3.8, 4) is 0 Å². The molecule has 1 N–H and O–H groups in total. The number of carboxylic acids is 1. The zero-order chi connectivity index (χ0) is 11.0. The normalized spacial score (nSPS) is 35.0. The monoisotopic (exact) mass is 211 g/mol. The maximum absolute atomic E-state index is 11.9. The molecular formula is C11H17NO3. The summed E-state index contributed by atoms with van der Waals surface area (Å²) in [5, 5.41) is 9.03. The van der Waals surface area contributed by atoms with Crippen molar-refractivity contribution in [2.75, 3.05) is 6.54 Å². The van der Waals surface area contributed by atoms with Gasteiger partial charge < -0.3 is 10.0 Å². The highest BCUT2D eigenvalue weighted by molar-refractivity contribution is 5.87. The van der Waals surface area contributed by atoms with Crippen molar-refractivity contribution in [2.45, 2.75) is 38.6 Å². The van der Waals surface area contributed by atoms with Crippen LogP contribution in [0.25, 0.3) is 0 Å². The Bertz CT molecular complexity index is 290. The van der Waals surface area contributed by atoms with Crippen molar-refractivity contribution in [3.63, 3.8) is 0 Å². The summed E-state index contributed by atoms with van der Waals surface area (Å²) in [7, 11) is 0. The van der Waals surface area contributed by atoms with Gasteiger partial charge in [0.05, 0.1) is 0 Å². The van der Waals surface area contributed by atoms with Crippen LogP contribution in [-0.2, 0) is 9.59 Å². The molecule has 0 radical (unpaired) electrons.